The van der Waals surface area contributed by atoms with Crippen LogP contribution in [-0.2, 0) is 6.42 Å². The van der Waals surface area contributed by atoms with Crippen LogP contribution in [0, 0.1) is 0 Å². The first-order valence-electron chi connectivity index (χ1n) is 8.41. The number of rotatable bonds is 4. The van der Waals surface area contributed by atoms with Crippen molar-refractivity contribution in [3.63, 3.8) is 0 Å². The van der Waals surface area contributed by atoms with E-state index >= 15 is 0 Å². The largest absolute Gasteiger partial charge is 0.336 e. The lowest BCUT2D eigenvalue weighted by Gasteiger charge is -2.30. The zero-order valence-electron chi connectivity index (χ0n) is 14.3. The smallest absolute Gasteiger partial charge is 0.293 e. The Labute approximate surface area is 157 Å². The number of piperidine rings is 1. The van der Waals surface area contributed by atoms with Crippen LogP contribution in [0.2, 0.25) is 10.0 Å². The Kier molecular flexibility index (Phi) is 5.61. The third kappa shape index (κ3) is 3.66. The van der Waals surface area contributed by atoms with Crippen LogP contribution in [0.15, 0.2) is 18.2 Å². The Morgan fingerprint density at radius 2 is 1.96 bits per heavy atom. The molecule has 0 radical (unpaired) electrons. The molecule has 0 atom stereocenters. The molecule has 134 valence electrons. The highest BCUT2D eigenvalue weighted by Gasteiger charge is 2.27. The fourth-order valence-electron chi connectivity index (χ4n) is 3.05. The number of carbonyl (C=O) groups is 1. The summed E-state index contributed by atoms with van der Waals surface area (Å²) in [5.41, 5.74) is 0.554. The molecule has 1 N–H and O–H groups in total. The molecule has 6 nitrogen and oxygen atoms in total. The molecule has 0 saturated carbocycles. The molecule has 2 aromatic rings. The van der Waals surface area contributed by atoms with Crippen LogP contribution in [-0.4, -0.2) is 51.8 Å². The van der Waals surface area contributed by atoms with Crippen molar-refractivity contribution in [3.05, 3.63) is 39.9 Å². The van der Waals surface area contributed by atoms with Crippen molar-refractivity contribution in [1.82, 2.24) is 25.0 Å². The second-order valence-corrected chi connectivity index (χ2v) is 6.90. The number of hydrogen-bond donors (Lipinski definition) is 1. The van der Waals surface area contributed by atoms with Gasteiger partial charge in [0.15, 0.2) is 0 Å². The average molecular weight is 382 g/mol. The summed E-state index contributed by atoms with van der Waals surface area (Å²) in [4.78, 5) is 19.0. The van der Waals surface area contributed by atoms with Crippen LogP contribution in [0.5, 0.6) is 0 Å². The molecule has 1 aromatic carbocycles. The van der Waals surface area contributed by atoms with Crippen LogP contribution in [0.1, 0.15) is 36.2 Å². The monoisotopic (exact) mass is 381 g/mol. The highest BCUT2D eigenvalue weighted by molar-refractivity contribution is 6.37. The van der Waals surface area contributed by atoms with Gasteiger partial charge in [0.2, 0.25) is 5.82 Å². The Balaban J connectivity index is 1.94. The number of aryl methyl sites for hydroxylation is 1. The van der Waals surface area contributed by atoms with Crippen molar-refractivity contribution in [2.45, 2.75) is 32.2 Å². The maximum atomic E-state index is 12.8. The summed E-state index contributed by atoms with van der Waals surface area (Å²) in [7, 11) is 1.81. The molecular formula is C17H21Cl2N5O. The molecule has 1 aliphatic heterocycles. The summed E-state index contributed by atoms with van der Waals surface area (Å²) in [6, 6.07) is 5.46. The average Bonchev–Trinajstić information content (AvgIpc) is 3.05. The SMILES string of the molecule is CCc1nc(C(=O)N(C)C2CCNCC2)nn1-c1c(Cl)cccc1Cl. The standard InChI is InChI=1S/C17H21Cl2N5O/c1-3-14-21-16(17(25)23(2)11-7-9-20-10-8-11)22-24(14)15-12(18)5-4-6-13(15)19/h4-6,11,20H,3,7-10H2,1-2H3. The maximum absolute atomic E-state index is 12.8. The highest BCUT2D eigenvalue weighted by Crippen LogP contribution is 2.29. The van der Waals surface area contributed by atoms with Gasteiger partial charge in [-0.1, -0.05) is 36.2 Å². The number of carbonyl (C=O) groups excluding carboxylic acids is 1. The molecule has 2 heterocycles. The van der Waals surface area contributed by atoms with Gasteiger partial charge in [-0.05, 0) is 38.1 Å². The molecule has 0 unspecified atom stereocenters. The molecule has 0 spiro atoms. The summed E-state index contributed by atoms with van der Waals surface area (Å²) in [5, 5.41) is 8.66. The minimum atomic E-state index is -0.177. The molecule has 8 heteroatoms. The van der Waals surface area contributed by atoms with Gasteiger partial charge in [0, 0.05) is 19.5 Å². The van der Waals surface area contributed by atoms with E-state index in [1.54, 1.807) is 27.8 Å². The normalized spacial score (nSPS) is 15.4. The van der Waals surface area contributed by atoms with Gasteiger partial charge in [0.25, 0.3) is 5.91 Å². The molecular weight excluding hydrogens is 361 g/mol. The molecule has 25 heavy (non-hydrogen) atoms. The predicted molar refractivity (Wildman–Crippen MR) is 98.7 cm³/mol. The number of para-hydroxylation sites is 1. The molecule has 1 aliphatic rings. The molecule has 3 rings (SSSR count). The van der Waals surface area contributed by atoms with Crippen LogP contribution >= 0.6 is 23.2 Å². The Morgan fingerprint density at radius 1 is 1.32 bits per heavy atom. The van der Waals surface area contributed by atoms with Crippen molar-refractivity contribution >= 4 is 29.1 Å². The van der Waals surface area contributed by atoms with E-state index in [0.29, 0.717) is 28.0 Å². The zero-order chi connectivity index (χ0) is 18.0. The molecule has 1 fully saturated rings. The van der Waals surface area contributed by atoms with E-state index in [4.69, 9.17) is 23.2 Å². The van der Waals surface area contributed by atoms with Gasteiger partial charge in [-0.15, -0.1) is 5.10 Å². The number of amides is 1. The van der Waals surface area contributed by atoms with Crippen LogP contribution in [0.4, 0.5) is 0 Å². The second kappa shape index (κ2) is 7.72. The van der Waals surface area contributed by atoms with E-state index in [-0.39, 0.29) is 17.8 Å². The maximum Gasteiger partial charge on any atom is 0.293 e. The number of aromatic nitrogens is 3. The third-order valence-electron chi connectivity index (χ3n) is 4.51. The van der Waals surface area contributed by atoms with Gasteiger partial charge in [-0.3, -0.25) is 4.79 Å². The van der Waals surface area contributed by atoms with Gasteiger partial charge in [-0.2, -0.15) is 0 Å². The minimum absolute atomic E-state index is 0.175. The first-order chi connectivity index (χ1) is 12.0. The fourth-order valence-corrected chi connectivity index (χ4v) is 3.61. The van der Waals surface area contributed by atoms with Gasteiger partial charge in [0.05, 0.1) is 10.0 Å². The third-order valence-corrected chi connectivity index (χ3v) is 5.12. The number of nitrogens with one attached hydrogen (secondary N) is 1. The second-order valence-electron chi connectivity index (χ2n) is 6.08. The van der Waals surface area contributed by atoms with Crippen LogP contribution in [0.3, 0.4) is 0 Å². The van der Waals surface area contributed by atoms with Crippen molar-refractivity contribution in [2.24, 2.45) is 0 Å². The Bertz CT molecular complexity index is 750. The van der Waals surface area contributed by atoms with E-state index in [1.807, 2.05) is 14.0 Å². The molecule has 1 saturated heterocycles. The van der Waals surface area contributed by atoms with Crippen LogP contribution < -0.4 is 5.32 Å². The first-order valence-corrected chi connectivity index (χ1v) is 9.16. The van der Waals surface area contributed by atoms with Crippen molar-refractivity contribution in [1.29, 1.82) is 0 Å². The summed E-state index contributed by atoms with van der Waals surface area (Å²) in [6.45, 7) is 3.79. The van der Waals surface area contributed by atoms with E-state index < -0.39 is 0 Å². The van der Waals surface area contributed by atoms with E-state index in [1.165, 1.54) is 0 Å². The summed E-state index contributed by atoms with van der Waals surface area (Å²) < 4.78 is 1.58. The van der Waals surface area contributed by atoms with Gasteiger partial charge in [-0.25, -0.2) is 9.67 Å². The quantitative estimate of drug-likeness (QED) is 0.883. The lowest BCUT2D eigenvalue weighted by Crippen LogP contribution is -2.44. The fraction of sp³-hybridized carbons (Fsp3) is 0.471. The lowest BCUT2D eigenvalue weighted by molar-refractivity contribution is 0.0691. The van der Waals surface area contributed by atoms with Crippen molar-refractivity contribution < 1.29 is 4.79 Å². The van der Waals surface area contributed by atoms with Crippen molar-refractivity contribution in [3.8, 4) is 5.69 Å². The summed E-state index contributed by atoms with van der Waals surface area (Å²) in [6.07, 6.45) is 2.47. The number of nitrogens with zero attached hydrogens (tertiary/aromatic N) is 4. The van der Waals surface area contributed by atoms with E-state index in [0.717, 1.165) is 25.9 Å². The minimum Gasteiger partial charge on any atom is -0.336 e. The first kappa shape index (κ1) is 18.2. The summed E-state index contributed by atoms with van der Waals surface area (Å²) in [5.74, 6) is 0.648. The van der Waals surface area contributed by atoms with Gasteiger partial charge < -0.3 is 10.2 Å². The van der Waals surface area contributed by atoms with E-state index in [9.17, 15) is 4.79 Å². The molecule has 0 bridgehead atoms. The Hall–Kier alpha value is -1.63. The van der Waals surface area contributed by atoms with Gasteiger partial charge in [0.1, 0.15) is 11.5 Å². The summed E-state index contributed by atoms with van der Waals surface area (Å²) >= 11 is 12.6. The Morgan fingerprint density at radius 3 is 2.56 bits per heavy atom. The van der Waals surface area contributed by atoms with Crippen LogP contribution in [0.25, 0.3) is 5.69 Å². The number of benzene rings is 1. The zero-order valence-corrected chi connectivity index (χ0v) is 15.8. The van der Waals surface area contributed by atoms with E-state index in [2.05, 4.69) is 15.4 Å². The lowest BCUT2D eigenvalue weighted by atomic mass is 10.1. The number of halogens is 2. The molecule has 1 aromatic heterocycles. The highest BCUT2D eigenvalue weighted by atomic mass is 35.5. The van der Waals surface area contributed by atoms with Crippen molar-refractivity contribution in [2.75, 3.05) is 20.1 Å². The molecule has 1 amide bonds. The topological polar surface area (TPSA) is 63.1 Å². The number of hydrogen-bond acceptors (Lipinski definition) is 4. The predicted octanol–water partition coefficient (Wildman–Crippen LogP) is 2.96. The molecule has 0 aliphatic carbocycles. The van der Waals surface area contributed by atoms with Gasteiger partial charge >= 0.3 is 0 Å².